The van der Waals surface area contributed by atoms with Crippen molar-refractivity contribution >= 4 is 17.7 Å². The first-order valence-electron chi connectivity index (χ1n) is 10.9. The Bertz CT molecular complexity index is 901. The fourth-order valence-electron chi connectivity index (χ4n) is 3.54. The molecule has 0 aliphatic carbocycles. The Kier molecular flexibility index (Phi) is 8.10. The normalized spacial score (nSPS) is 16.6. The molecular weight excluding hydrogens is 408 g/mol. The number of nitriles is 1. The molecule has 0 radical (unpaired) electrons. The van der Waals surface area contributed by atoms with Gasteiger partial charge in [0.1, 0.15) is 11.4 Å². The zero-order valence-electron chi connectivity index (χ0n) is 18.7. The van der Waals surface area contributed by atoms with Crippen molar-refractivity contribution in [2.24, 2.45) is 5.92 Å². The third-order valence-electron chi connectivity index (χ3n) is 5.91. The third kappa shape index (κ3) is 6.31. The smallest absolute Gasteiger partial charge is 0.231 e. The summed E-state index contributed by atoms with van der Waals surface area (Å²) in [4.78, 5) is 15.0. The van der Waals surface area contributed by atoms with Gasteiger partial charge in [-0.2, -0.15) is 5.26 Å². The molecule has 31 heavy (non-hydrogen) atoms. The second kappa shape index (κ2) is 10.8. The molecular formula is C23H32N6OS. The standard InChI is InChI=1S/C23H32N6OS/c1-18(2)23(3,17-24)25-21(30)16-31-22-27-26-20(15-28-12-8-5-9-13-28)29(22)14-19-10-6-4-7-11-19/h4,6-7,10-11,18H,5,8-9,12-16H2,1-3H3,(H,25,30)/t23-/m0/s1. The highest BCUT2D eigenvalue weighted by molar-refractivity contribution is 7.99. The minimum absolute atomic E-state index is 0.0179. The van der Waals surface area contributed by atoms with Crippen LogP contribution in [-0.4, -0.2) is 50.0 Å². The molecule has 1 atom stereocenters. The molecule has 0 unspecified atom stereocenters. The number of likely N-dealkylation sites (tertiary alicyclic amines) is 1. The van der Waals surface area contributed by atoms with Gasteiger partial charge in [-0.3, -0.25) is 9.69 Å². The van der Waals surface area contributed by atoms with E-state index in [0.29, 0.717) is 6.54 Å². The number of benzene rings is 1. The van der Waals surface area contributed by atoms with Crippen LogP contribution in [0.5, 0.6) is 0 Å². The highest BCUT2D eigenvalue weighted by Crippen LogP contribution is 2.22. The molecule has 1 amide bonds. The first-order chi connectivity index (χ1) is 14.9. The van der Waals surface area contributed by atoms with Gasteiger partial charge >= 0.3 is 0 Å². The molecule has 0 saturated carbocycles. The number of piperidine rings is 1. The van der Waals surface area contributed by atoms with E-state index in [0.717, 1.165) is 30.6 Å². The Morgan fingerprint density at radius 1 is 1.19 bits per heavy atom. The van der Waals surface area contributed by atoms with E-state index in [2.05, 4.69) is 43.2 Å². The predicted molar refractivity (Wildman–Crippen MR) is 122 cm³/mol. The lowest BCUT2D eigenvalue weighted by molar-refractivity contribution is -0.120. The molecule has 0 bridgehead atoms. The summed E-state index contributed by atoms with van der Waals surface area (Å²) in [5.74, 6) is 0.970. The number of thioether (sulfide) groups is 1. The average molecular weight is 441 g/mol. The van der Waals surface area contributed by atoms with Gasteiger partial charge in [-0.1, -0.05) is 62.4 Å². The molecule has 7 nitrogen and oxygen atoms in total. The van der Waals surface area contributed by atoms with Crippen molar-refractivity contribution in [2.45, 2.75) is 63.8 Å². The largest absolute Gasteiger partial charge is 0.337 e. The quantitative estimate of drug-likeness (QED) is 0.601. The third-order valence-corrected chi connectivity index (χ3v) is 6.88. The van der Waals surface area contributed by atoms with Crippen LogP contribution in [0.4, 0.5) is 0 Å². The predicted octanol–water partition coefficient (Wildman–Crippen LogP) is 3.46. The van der Waals surface area contributed by atoms with Gasteiger partial charge in [0.2, 0.25) is 5.91 Å². The van der Waals surface area contributed by atoms with E-state index in [1.165, 1.54) is 36.6 Å². The SMILES string of the molecule is CC(C)[C@](C)(C#N)NC(=O)CSc1nnc(CN2CCCCC2)n1Cc1ccccc1. The molecule has 0 spiro atoms. The minimum atomic E-state index is -0.880. The summed E-state index contributed by atoms with van der Waals surface area (Å²) < 4.78 is 2.12. The lowest BCUT2D eigenvalue weighted by Crippen LogP contribution is -2.49. The fourth-order valence-corrected chi connectivity index (χ4v) is 4.30. The summed E-state index contributed by atoms with van der Waals surface area (Å²) in [6, 6.07) is 12.5. The van der Waals surface area contributed by atoms with E-state index in [4.69, 9.17) is 0 Å². The van der Waals surface area contributed by atoms with Crippen LogP contribution in [-0.2, 0) is 17.9 Å². The molecule has 2 aromatic rings. The maximum atomic E-state index is 12.5. The topological polar surface area (TPSA) is 86.8 Å². The summed E-state index contributed by atoms with van der Waals surface area (Å²) in [6.45, 7) is 9.24. The number of rotatable bonds is 9. The monoisotopic (exact) mass is 440 g/mol. The highest BCUT2D eigenvalue weighted by atomic mass is 32.2. The average Bonchev–Trinajstić information content (AvgIpc) is 3.14. The van der Waals surface area contributed by atoms with Gasteiger partial charge in [-0.05, 0) is 44.3 Å². The van der Waals surface area contributed by atoms with Crippen LogP contribution in [0, 0.1) is 17.2 Å². The summed E-state index contributed by atoms with van der Waals surface area (Å²) in [5.41, 5.74) is 0.291. The van der Waals surface area contributed by atoms with Gasteiger partial charge in [0.25, 0.3) is 0 Å². The number of hydrogen-bond acceptors (Lipinski definition) is 6. The number of hydrogen-bond donors (Lipinski definition) is 1. The van der Waals surface area contributed by atoms with Crippen molar-refractivity contribution < 1.29 is 4.79 Å². The number of nitrogens with zero attached hydrogens (tertiary/aromatic N) is 5. The van der Waals surface area contributed by atoms with E-state index < -0.39 is 5.54 Å². The summed E-state index contributed by atoms with van der Waals surface area (Å²) in [5, 5.41) is 21.9. The summed E-state index contributed by atoms with van der Waals surface area (Å²) in [7, 11) is 0. The Morgan fingerprint density at radius 2 is 1.90 bits per heavy atom. The molecule has 8 heteroatoms. The Labute approximate surface area is 189 Å². The van der Waals surface area contributed by atoms with E-state index in [1.54, 1.807) is 6.92 Å². The van der Waals surface area contributed by atoms with Gasteiger partial charge < -0.3 is 9.88 Å². The van der Waals surface area contributed by atoms with Crippen molar-refractivity contribution in [1.29, 1.82) is 5.26 Å². The second-order valence-electron chi connectivity index (χ2n) is 8.61. The van der Waals surface area contributed by atoms with Gasteiger partial charge in [0.15, 0.2) is 5.16 Å². The lowest BCUT2D eigenvalue weighted by atomic mass is 9.90. The summed E-state index contributed by atoms with van der Waals surface area (Å²) in [6.07, 6.45) is 3.74. The number of nitrogens with one attached hydrogen (secondary N) is 1. The second-order valence-corrected chi connectivity index (χ2v) is 9.56. The van der Waals surface area contributed by atoms with Crippen LogP contribution in [0.3, 0.4) is 0 Å². The van der Waals surface area contributed by atoms with Crippen molar-refractivity contribution in [1.82, 2.24) is 25.0 Å². The zero-order valence-corrected chi connectivity index (χ0v) is 19.5. The highest BCUT2D eigenvalue weighted by Gasteiger charge is 2.30. The van der Waals surface area contributed by atoms with E-state index in [-0.39, 0.29) is 17.6 Å². The van der Waals surface area contributed by atoms with Crippen molar-refractivity contribution in [3.63, 3.8) is 0 Å². The fraction of sp³-hybridized carbons (Fsp3) is 0.565. The summed E-state index contributed by atoms with van der Waals surface area (Å²) >= 11 is 1.37. The van der Waals surface area contributed by atoms with Crippen molar-refractivity contribution in [3.05, 3.63) is 41.7 Å². The van der Waals surface area contributed by atoms with Gasteiger partial charge in [-0.25, -0.2) is 0 Å². The number of aromatic nitrogens is 3. The van der Waals surface area contributed by atoms with Crippen LogP contribution in [0.2, 0.25) is 0 Å². The molecule has 166 valence electrons. The molecule has 1 N–H and O–H groups in total. The Morgan fingerprint density at radius 3 is 2.55 bits per heavy atom. The first-order valence-corrected chi connectivity index (χ1v) is 11.9. The molecule has 2 heterocycles. The van der Waals surface area contributed by atoms with Crippen LogP contribution >= 0.6 is 11.8 Å². The van der Waals surface area contributed by atoms with Crippen LogP contribution < -0.4 is 5.32 Å². The van der Waals surface area contributed by atoms with Gasteiger partial charge in [0.05, 0.1) is 24.9 Å². The van der Waals surface area contributed by atoms with Crippen LogP contribution in [0.1, 0.15) is 51.4 Å². The molecule has 1 fully saturated rings. The lowest BCUT2D eigenvalue weighted by Gasteiger charge is -2.27. The van der Waals surface area contributed by atoms with Crippen molar-refractivity contribution in [3.8, 4) is 6.07 Å². The van der Waals surface area contributed by atoms with Gasteiger partial charge in [0, 0.05) is 0 Å². The molecule has 1 saturated heterocycles. The van der Waals surface area contributed by atoms with E-state index >= 15 is 0 Å². The van der Waals surface area contributed by atoms with Crippen molar-refractivity contribution in [2.75, 3.05) is 18.8 Å². The van der Waals surface area contributed by atoms with Gasteiger partial charge in [-0.15, -0.1) is 10.2 Å². The Hall–Kier alpha value is -2.37. The van der Waals surface area contributed by atoms with E-state index in [1.807, 2.05) is 32.0 Å². The maximum absolute atomic E-state index is 12.5. The number of amides is 1. The van der Waals surface area contributed by atoms with E-state index in [9.17, 15) is 10.1 Å². The Balaban J connectivity index is 1.72. The number of carbonyl (C=O) groups is 1. The molecule has 1 aliphatic rings. The minimum Gasteiger partial charge on any atom is -0.337 e. The van der Waals surface area contributed by atoms with Crippen LogP contribution in [0.25, 0.3) is 0 Å². The maximum Gasteiger partial charge on any atom is 0.231 e. The molecule has 3 rings (SSSR count). The number of carbonyl (C=O) groups excluding carboxylic acids is 1. The first kappa shape index (κ1) is 23.3. The zero-order chi connectivity index (χ0) is 22.3. The molecule has 1 aromatic heterocycles. The van der Waals surface area contributed by atoms with Crippen LogP contribution in [0.15, 0.2) is 35.5 Å². The molecule has 1 aromatic carbocycles. The molecule has 1 aliphatic heterocycles.